The molecule has 1 amide bonds. The van der Waals surface area contributed by atoms with Crippen molar-refractivity contribution in [2.24, 2.45) is 5.92 Å². The third kappa shape index (κ3) is 3.55. The van der Waals surface area contributed by atoms with E-state index in [0.29, 0.717) is 12.5 Å². The van der Waals surface area contributed by atoms with Crippen LogP contribution in [0.3, 0.4) is 0 Å². The molecule has 0 spiro atoms. The van der Waals surface area contributed by atoms with Crippen LogP contribution in [0.4, 0.5) is 11.4 Å². The molecule has 26 heavy (non-hydrogen) atoms. The van der Waals surface area contributed by atoms with Crippen LogP contribution in [0.1, 0.15) is 30.9 Å². The summed E-state index contributed by atoms with van der Waals surface area (Å²) in [6, 6.07) is 14.7. The summed E-state index contributed by atoms with van der Waals surface area (Å²) in [6.45, 7) is 3.01. The molecule has 1 heterocycles. The van der Waals surface area contributed by atoms with Gasteiger partial charge in [0.2, 0.25) is 5.91 Å². The van der Waals surface area contributed by atoms with Gasteiger partial charge in [0.15, 0.2) is 0 Å². The molecule has 0 radical (unpaired) electrons. The average molecular weight is 350 g/mol. The number of rotatable bonds is 6. The molecule has 1 fully saturated rings. The summed E-state index contributed by atoms with van der Waals surface area (Å²) in [7, 11) is 1.65. The van der Waals surface area contributed by atoms with Crippen LogP contribution >= 0.6 is 0 Å². The van der Waals surface area contributed by atoms with Gasteiger partial charge in [-0.2, -0.15) is 0 Å². The monoisotopic (exact) mass is 350 g/mol. The number of anilines is 2. The van der Waals surface area contributed by atoms with Crippen LogP contribution in [-0.2, 0) is 17.6 Å². The number of carbonyl (C=O) groups excluding carboxylic acids is 1. The fourth-order valence-corrected chi connectivity index (χ4v) is 3.76. The molecule has 4 heteroatoms. The van der Waals surface area contributed by atoms with Crippen LogP contribution in [0.5, 0.6) is 5.75 Å². The Bertz CT molecular complexity index is 814. The Kier molecular flexibility index (Phi) is 4.58. The van der Waals surface area contributed by atoms with Gasteiger partial charge in [0.05, 0.1) is 13.5 Å². The second kappa shape index (κ2) is 7.02. The van der Waals surface area contributed by atoms with E-state index in [-0.39, 0.29) is 5.91 Å². The molecule has 136 valence electrons. The zero-order valence-corrected chi connectivity index (χ0v) is 15.5. The first-order chi connectivity index (χ1) is 12.6. The Morgan fingerprint density at radius 1 is 1.27 bits per heavy atom. The van der Waals surface area contributed by atoms with Gasteiger partial charge in [-0.3, -0.25) is 4.79 Å². The van der Waals surface area contributed by atoms with E-state index in [2.05, 4.69) is 30.4 Å². The molecule has 1 aliphatic carbocycles. The van der Waals surface area contributed by atoms with Crippen molar-refractivity contribution in [2.45, 2.75) is 38.6 Å². The maximum absolute atomic E-state index is 12.9. The third-order valence-electron chi connectivity index (χ3n) is 5.49. The minimum atomic E-state index is 0.143. The maximum atomic E-state index is 12.9. The highest BCUT2D eigenvalue weighted by Crippen LogP contribution is 2.36. The number of hydrogen-bond donors (Lipinski definition) is 1. The Morgan fingerprint density at radius 3 is 2.88 bits per heavy atom. The van der Waals surface area contributed by atoms with E-state index < -0.39 is 0 Å². The first-order valence-corrected chi connectivity index (χ1v) is 9.47. The first-order valence-electron chi connectivity index (χ1n) is 9.47. The van der Waals surface area contributed by atoms with Gasteiger partial charge in [0.1, 0.15) is 5.75 Å². The summed E-state index contributed by atoms with van der Waals surface area (Å²) in [6.07, 6.45) is 3.97. The molecule has 0 bridgehead atoms. The van der Waals surface area contributed by atoms with Gasteiger partial charge in [0, 0.05) is 24.0 Å². The summed E-state index contributed by atoms with van der Waals surface area (Å²) >= 11 is 0. The lowest BCUT2D eigenvalue weighted by Gasteiger charge is -2.20. The van der Waals surface area contributed by atoms with Gasteiger partial charge in [-0.05, 0) is 67.5 Å². The van der Waals surface area contributed by atoms with Gasteiger partial charge in [0.25, 0.3) is 0 Å². The molecule has 0 saturated heterocycles. The third-order valence-corrected chi connectivity index (χ3v) is 5.49. The Labute approximate surface area is 155 Å². The SMILES string of the molecule is COc1cccc(CC(=O)N2CCc3ccc(NC(C)C4CC4)cc32)c1. The second-order valence-electron chi connectivity index (χ2n) is 7.44. The number of hydrogen-bond acceptors (Lipinski definition) is 3. The Morgan fingerprint density at radius 2 is 2.12 bits per heavy atom. The van der Waals surface area contributed by atoms with Gasteiger partial charge in [-0.25, -0.2) is 0 Å². The summed E-state index contributed by atoms with van der Waals surface area (Å²) in [4.78, 5) is 14.8. The highest BCUT2D eigenvalue weighted by atomic mass is 16.5. The Hall–Kier alpha value is -2.49. The molecule has 2 aliphatic rings. The van der Waals surface area contributed by atoms with Crippen LogP contribution < -0.4 is 15.0 Å². The predicted molar refractivity (Wildman–Crippen MR) is 105 cm³/mol. The van der Waals surface area contributed by atoms with E-state index in [9.17, 15) is 4.79 Å². The molecule has 1 saturated carbocycles. The van der Waals surface area contributed by atoms with Crippen molar-refractivity contribution in [3.63, 3.8) is 0 Å². The quantitative estimate of drug-likeness (QED) is 0.855. The van der Waals surface area contributed by atoms with Crippen LogP contribution in [0.15, 0.2) is 42.5 Å². The Balaban J connectivity index is 1.49. The zero-order chi connectivity index (χ0) is 18.1. The molecule has 4 nitrogen and oxygen atoms in total. The van der Waals surface area contributed by atoms with Crippen molar-refractivity contribution in [1.29, 1.82) is 0 Å². The molecule has 0 aromatic heterocycles. The largest absolute Gasteiger partial charge is 0.497 e. The molecule has 1 N–H and O–H groups in total. The number of nitrogens with zero attached hydrogens (tertiary/aromatic N) is 1. The summed E-state index contributed by atoms with van der Waals surface area (Å²) < 4.78 is 5.26. The minimum Gasteiger partial charge on any atom is -0.497 e. The number of amides is 1. The molecule has 1 unspecified atom stereocenters. The molecule has 2 aromatic rings. The number of fused-ring (bicyclic) bond motifs is 1. The smallest absolute Gasteiger partial charge is 0.231 e. The molecule has 2 aromatic carbocycles. The molecule has 1 atom stereocenters. The molecular weight excluding hydrogens is 324 g/mol. The lowest BCUT2D eigenvalue weighted by molar-refractivity contribution is -0.117. The number of carbonyl (C=O) groups is 1. The van der Waals surface area contributed by atoms with E-state index in [4.69, 9.17) is 4.74 Å². The van der Waals surface area contributed by atoms with E-state index in [1.165, 1.54) is 18.4 Å². The number of benzene rings is 2. The van der Waals surface area contributed by atoms with Crippen molar-refractivity contribution in [3.05, 3.63) is 53.6 Å². The van der Waals surface area contributed by atoms with Gasteiger partial charge < -0.3 is 15.0 Å². The second-order valence-corrected chi connectivity index (χ2v) is 7.44. The van der Waals surface area contributed by atoms with Crippen molar-refractivity contribution in [2.75, 3.05) is 23.9 Å². The summed E-state index contributed by atoms with van der Waals surface area (Å²) in [5.74, 6) is 1.73. The normalized spacial score (nSPS) is 16.9. The standard InChI is InChI=1S/C22H26N2O2/c1-15(17-6-7-17)23-19-9-8-18-10-11-24(21(18)14-19)22(25)13-16-4-3-5-20(12-16)26-2/h3-5,8-9,12,14-15,17,23H,6-7,10-11,13H2,1-2H3. The zero-order valence-electron chi connectivity index (χ0n) is 15.5. The van der Waals surface area contributed by atoms with Gasteiger partial charge in [-0.15, -0.1) is 0 Å². The highest BCUT2D eigenvalue weighted by molar-refractivity contribution is 5.97. The molecule has 4 rings (SSSR count). The summed E-state index contributed by atoms with van der Waals surface area (Å²) in [5, 5.41) is 3.60. The minimum absolute atomic E-state index is 0.143. The highest BCUT2D eigenvalue weighted by Gasteiger charge is 2.29. The van der Waals surface area contributed by atoms with Crippen LogP contribution in [0.25, 0.3) is 0 Å². The number of ether oxygens (including phenoxy) is 1. The lowest BCUT2D eigenvalue weighted by atomic mass is 10.1. The number of methoxy groups -OCH3 is 1. The summed E-state index contributed by atoms with van der Waals surface area (Å²) in [5.41, 5.74) is 4.42. The van der Waals surface area contributed by atoms with Crippen LogP contribution in [0, 0.1) is 5.92 Å². The fourth-order valence-electron chi connectivity index (χ4n) is 3.76. The lowest BCUT2D eigenvalue weighted by Crippen LogP contribution is -2.30. The number of nitrogens with one attached hydrogen (secondary N) is 1. The van der Waals surface area contributed by atoms with Gasteiger partial charge in [-0.1, -0.05) is 18.2 Å². The van der Waals surface area contributed by atoms with E-state index in [1.807, 2.05) is 29.2 Å². The molecule has 1 aliphatic heterocycles. The average Bonchev–Trinajstić information content (AvgIpc) is 3.42. The predicted octanol–water partition coefficient (Wildman–Crippen LogP) is 4.04. The van der Waals surface area contributed by atoms with Crippen LogP contribution in [-0.4, -0.2) is 25.6 Å². The van der Waals surface area contributed by atoms with E-state index >= 15 is 0 Å². The van der Waals surface area contributed by atoms with Crippen molar-refractivity contribution >= 4 is 17.3 Å². The topological polar surface area (TPSA) is 41.6 Å². The maximum Gasteiger partial charge on any atom is 0.231 e. The van der Waals surface area contributed by atoms with Gasteiger partial charge >= 0.3 is 0 Å². The van der Waals surface area contributed by atoms with Crippen LogP contribution in [0.2, 0.25) is 0 Å². The van der Waals surface area contributed by atoms with E-state index in [0.717, 1.165) is 41.6 Å². The fraction of sp³-hybridized carbons (Fsp3) is 0.409. The van der Waals surface area contributed by atoms with E-state index in [1.54, 1.807) is 7.11 Å². The van der Waals surface area contributed by atoms with Crippen molar-refractivity contribution in [1.82, 2.24) is 0 Å². The first kappa shape index (κ1) is 17.0. The van der Waals surface area contributed by atoms with Crippen molar-refractivity contribution < 1.29 is 9.53 Å². The molecular formula is C22H26N2O2. The van der Waals surface area contributed by atoms with Crippen molar-refractivity contribution in [3.8, 4) is 5.75 Å².